The van der Waals surface area contributed by atoms with E-state index in [0.717, 1.165) is 4.90 Å². The highest BCUT2D eigenvalue weighted by Crippen LogP contribution is 2.15. The molecule has 9 heteroatoms. The fourth-order valence-corrected chi connectivity index (χ4v) is 2.98. The van der Waals surface area contributed by atoms with Gasteiger partial charge in [0, 0.05) is 25.6 Å². The molecule has 138 valence electrons. The lowest BCUT2D eigenvalue weighted by molar-refractivity contribution is -0.141. The zero-order chi connectivity index (χ0) is 19.2. The van der Waals surface area contributed by atoms with Gasteiger partial charge < -0.3 is 15.3 Å². The zero-order valence-corrected chi connectivity index (χ0v) is 15.2. The molecule has 0 aliphatic rings. The summed E-state index contributed by atoms with van der Waals surface area (Å²) < 4.78 is 23.6. The van der Waals surface area contributed by atoms with Crippen LogP contribution >= 0.6 is 0 Å². The second-order valence-electron chi connectivity index (χ2n) is 5.42. The molecule has 0 radical (unpaired) electrons. The quantitative estimate of drug-likeness (QED) is 0.689. The van der Waals surface area contributed by atoms with Gasteiger partial charge in [-0.1, -0.05) is 6.92 Å². The van der Waals surface area contributed by atoms with Crippen molar-refractivity contribution in [1.82, 2.24) is 10.2 Å². The Bertz CT molecular complexity index is 742. The highest BCUT2D eigenvalue weighted by atomic mass is 32.2. The van der Waals surface area contributed by atoms with E-state index in [4.69, 9.17) is 0 Å². The van der Waals surface area contributed by atoms with Crippen molar-refractivity contribution in [2.45, 2.75) is 31.7 Å². The van der Waals surface area contributed by atoms with Gasteiger partial charge >= 0.3 is 5.97 Å². The molecule has 0 aliphatic heterocycles. The molecule has 1 aromatic carbocycles. The van der Waals surface area contributed by atoms with E-state index in [0.29, 0.717) is 0 Å². The molecule has 0 aromatic heterocycles. The van der Waals surface area contributed by atoms with Crippen molar-refractivity contribution in [2.75, 3.05) is 18.8 Å². The molecule has 1 atom stereocenters. The van der Waals surface area contributed by atoms with Gasteiger partial charge in [0.05, 0.1) is 10.6 Å². The predicted octanol–water partition coefficient (Wildman–Crippen LogP) is 0.532. The predicted molar refractivity (Wildman–Crippen MR) is 91.0 cm³/mol. The molecule has 0 aliphatic carbocycles. The smallest absolute Gasteiger partial charge is 0.326 e. The molecule has 0 saturated carbocycles. The Morgan fingerprint density at radius 2 is 1.76 bits per heavy atom. The van der Waals surface area contributed by atoms with Crippen LogP contribution in [0.3, 0.4) is 0 Å². The first-order valence-corrected chi connectivity index (χ1v) is 9.36. The molecular weight excluding hydrogens is 348 g/mol. The normalized spacial score (nSPS) is 12.3. The molecule has 1 unspecified atom stereocenters. The number of nitrogens with one attached hydrogen (secondary N) is 1. The number of rotatable bonds is 8. The van der Waals surface area contributed by atoms with Crippen molar-refractivity contribution in [3.8, 4) is 0 Å². The maximum atomic E-state index is 12.6. The number of nitrogens with zero attached hydrogens (tertiary/aromatic N) is 1. The minimum atomic E-state index is -3.38. The van der Waals surface area contributed by atoms with Crippen LogP contribution in [0.2, 0.25) is 0 Å². The Morgan fingerprint density at radius 3 is 2.20 bits per heavy atom. The van der Waals surface area contributed by atoms with Crippen molar-refractivity contribution >= 4 is 27.6 Å². The number of amides is 2. The van der Waals surface area contributed by atoms with Crippen LogP contribution in [0, 0.1) is 0 Å². The molecule has 0 spiro atoms. The molecule has 25 heavy (non-hydrogen) atoms. The van der Waals surface area contributed by atoms with Crippen LogP contribution < -0.4 is 5.32 Å². The third kappa shape index (κ3) is 5.56. The van der Waals surface area contributed by atoms with Crippen LogP contribution in [-0.2, 0) is 19.4 Å². The van der Waals surface area contributed by atoms with E-state index >= 15 is 0 Å². The largest absolute Gasteiger partial charge is 0.480 e. The summed E-state index contributed by atoms with van der Waals surface area (Å²) in [6, 6.07) is 4.25. The standard InChI is InChI=1S/C16H22N2O6S/c1-4-25(23,24)14-7-5-13(6-8-14)15(20)18(11(2)16(21)22)10-9-17-12(3)19/h5-8,11H,4,9-10H2,1-3H3,(H,17,19)(H,21,22). The van der Waals surface area contributed by atoms with E-state index in [1.165, 1.54) is 45.0 Å². The Hall–Kier alpha value is -2.42. The van der Waals surface area contributed by atoms with Gasteiger partial charge in [-0.2, -0.15) is 0 Å². The lowest BCUT2D eigenvalue weighted by atomic mass is 10.1. The van der Waals surface area contributed by atoms with Crippen molar-refractivity contribution < 1.29 is 27.9 Å². The monoisotopic (exact) mass is 370 g/mol. The molecule has 1 aromatic rings. The summed E-state index contributed by atoms with van der Waals surface area (Å²) in [6.07, 6.45) is 0. The van der Waals surface area contributed by atoms with Crippen LogP contribution in [0.25, 0.3) is 0 Å². The van der Waals surface area contributed by atoms with E-state index < -0.39 is 27.8 Å². The Balaban J connectivity index is 3.03. The zero-order valence-electron chi connectivity index (χ0n) is 14.4. The average molecular weight is 370 g/mol. The summed E-state index contributed by atoms with van der Waals surface area (Å²) in [5, 5.41) is 11.7. The van der Waals surface area contributed by atoms with Crippen LogP contribution in [0.15, 0.2) is 29.2 Å². The summed E-state index contributed by atoms with van der Waals surface area (Å²) in [7, 11) is -3.38. The second kappa shape index (κ2) is 8.61. The van der Waals surface area contributed by atoms with E-state index in [-0.39, 0.29) is 35.2 Å². The van der Waals surface area contributed by atoms with Crippen LogP contribution in [-0.4, -0.2) is 61.1 Å². The van der Waals surface area contributed by atoms with Gasteiger partial charge in [-0.15, -0.1) is 0 Å². The molecule has 0 saturated heterocycles. The first-order chi connectivity index (χ1) is 11.6. The minimum absolute atomic E-state index is 0.0148. The number of carbonyl (C=O) groups excluding carboxylic acids is 2. The molecule has 0 fully saturated rings. The van der Waals surface area contributed by atoms with Gasteiger partial charge in [0.1, 0.15) is 6.04 Å². The third-order valence-electron chi connectivity index (χ3n) is 3.65. The number of carboxylic acid groups (broad SMARTS) is 1. The van der Waals surface area contributed by atoms with Crippen molar-refractivity contribution in [2.24, 2.45) is 0 Å². The average Bonchev–Trinajstić information content (AvgIpc) is 2.57. The van der Waals surface area contributed by atoms with Crippen LogP contribution in [0.1, 0.15) is 31.1 Å². The van der Waals surface area contributed by atoms with Gasteiger partial charge in [0.2, 0.25) is 5.91 Å². The first-order valence-electron chi connectivity index (χ1n) is 7.71. The summed E-state index contributed by atoms with van der Waals surface area (Å²) in [6.45, 7) is 4.33. The fraction of sp³-hybridized carbons (Fsp3) is 0.438. The highest BCUT2D eigenvalue weighted by molar-refractivity contribution is 7.91. The summed E-state index contributed by atoms with van der Waals surface area (Å²) in [5.74, 6) is -2.08. The number of hydrogen-bond donors (Lipinski definition) is 2. The lowest BCUT2D eigenvalue weighted by Gasteiger charge is -2.26. The maximum Gasteiger partial charge on any atom is 0.326 e. The summed E-state index contributed by atoms with van der Waals surface area (Å²) in [4.78, 5) is 36.0. The van der Waals surface area contributed by atoms with Crippen molar-refractivity contribution in [1.29, 1.82) is 0 Å². The first kappa shape index (κ1) is 20.6. The molecule has 2 N–H and O–H groups in total. The molecule has 8 nitrogen and oxygen atoms in total. The van der Waals surface area contributed by atoms with Crippen LogP contribution in [0.4, 0.5) is 0 Å². The fourth-order valence-electron chi connectivity index (χ4n) is 2.09. The molecule has 0 heterocycles. The number of hydrogen-bond acceptors (Lipinski definition) is 5. The third-order valence-corrected chi connectivity index (χ3v) is 5.40. The SMILES string of the molecule is CCS(=O)(=O)c1ccc(C(=O)N(CCNC(C)=O)C(C)C(=O)O)cc1. The van der Waals surface area contributed by atoms with Gasteiger partial charge in [0.25, 0.3) is 5.91 Å². The van der Waals surface area contributed by atoms with Gasteiger partial charge in [-0.05, 0) is 31.2 Å². The topological polar surface area (TPSA) is 121 Å². The summed E-state index contributed by atoms with van der Waals surface area (Å²) >= 11 is 0. The molecule has 2 amide bonds. The van der Waals surface area contributed by atoms with Crippen molar-refractivity contribution in [3.05, 3.63) is 29.8 Å². The maximum absolute atomic E-state index is 12.6. The molecular formula is C16H22N2O6S. The van der Waals surface area contributed by atoms with E-state index in [1.54, 1.807) is 0 Å². The lowest BCUT2D eigenvalue weighted by Crippen LogP contribution is -2.46. The van der Waals surface area contributed by atoms with E-state index in [2.05, 4.69) is 5.32 Å². The highest BCUT2D eigenvalue weighted by Gasteiger charge is 2.26. The Morgan fingerprint density at radius 1 is 1.20 bits per heavy atom. The van der Waals surface area contributed by atoms with Gasteiger partial charge in [-0.3, -0.25) is 9.59 Å². The number of sulfone groups is 1. The number of aliphatic carboxylic acids is 1. The summed E-state index contributed by atoms with van der Waals surface area (Å²) in [5.41, 5.74) is 0.172. The Labute approximate surface area is 146 Å². The van der Waals surface area contributed by atoms with Crippen molar-refractivity contribution in [3.63, 3.8) is 0 Å². The Kier molecular flexibility index (Phi) is 7.10. The van der Waals surface area contributed by atoms with Crippen LogP contribution in [0.5, 0.6) is 0 Å². The van der Waals surface area contributed by atoms with Gasteiger partial charge in [0.15, 0.2) is 9.84 Å². The minimum Gasteiger partial charge on any atom is -0.480 e. The van der Waals surface area contributed by atoms with E-state index in [9.17, 15) is 27.9 Å². The second-order valence-corrected chi connectivity index (χ2v) is 7.70. The number of carbonyl (C=O) groups is 3. The molecule has 0 bridgehead atoms. The molecule has 1 rings (SSSR count). The number of benzene rings is 1. The van der Waals surface area contributed by atoms with E-state index in [1.807, 2.05) is 0 Å². The number of carboxylic acids is 1. The van der Waals surface area contributed by atoms with Gasteiger partial charge in [-0.25, -0.2) is 13.2 Å².